The maximum atomic E-state index is 11.0. The van der Waals surface area contributed by atoms with Gasteiger partial charge >= 0.3 is 0 Å². The third-order valence-electron chi connectivity index (χ3n) is 2.03. The average molecular weight is 407 g/mol. The fraction of sp³-hybridized carbons (Fsp3) is 0.909. The second-order valence-electron chi connectivity index (χ2n) is 3.87. The van der Waals surface area contributed by atoms with Gasteiger partial charge in [0.1, 0.15) is 9.84 Å². The van der Waals surface area contributed by atoms with Crippen LogP contribution in [0.5, 0.6) is 0 Å². The summed E-state index contributed by atoms with van der Waals surface area (Å²) in [6, 6.07) is 0. The van der Waals surface area contributed by atoms with E-state index in [0.29, 0.717) is 25.7 Å². The molecule has 0 amide bonds. The van der Waals surface area contributed by atoms with Crippen molar-refractivity contribution < 1.29 is 13.2 Å². The van der Waals surface area contributed by atoms with E-state index in [9.17, 15) is 8.42 Å². The van der Waals surface area contributed by atoms with Gasteiger partial charge in [-0.05, 0) is 20.3 Å². The fourth-order valence-electron chi connectivity index (χ4n) is 1.20. The van der Waals surface area contributed by atoms with Crippen molar-refractivity contribution in [1.29, 1.82) is 0 Å². The van der Waals surface area contributed by atoms with Gasteiger partial charge in [0.15, 0.2) is 5.96 Å². The lowest BCUT2D eigenvalue weighted by molar-refractivity contribution is 0.146. The van der Waals surface area contributed by atoms with E-state index in [-0.39, 0.29) is 29.7 Å². The molecular weight excluding hydrogens is 381 g/mol. The number of aliphatic imine (C=N–C) groups is 1. The van der Waals surface area contributed by atoms with Crippen LogP contribution in [0, 0.1) is 0 Å². The zero-order valence-corrected chi connectivity index (χ0v) is 15.1. The average Bonchev–Trinajstić information content (AvgIpc) is 2.27. The number of sulfone groups is 1. The van der Waals surface area contributed by atoms with Gasteiger partial charge in [-0.1, -0.05) is 0 Å². The fourth-order valence-corrected chi connectivity index (χ4v) is 1.67. The van der Waals surface area contributed by atoms with Gasteiger partial charge in [0.05, 0.1) is 5.75 Å². The van der Waals surface area contributed by atoms with Crippen LogP contribution in [0.15, 0.2) is 4.99 Å². The molecule has 0 aromatic rings. The highest BCUT2D eigenvalue weighted by molar-refractivity contribution is 14.0. The van der Waals surface area contributed by atoms with Crippen LogP contribution in [0.4, 0.5) is 0 Å². The van der Waals surface area contributed by atoms with E-state index in [2.05, 4.69) is 15.6 Å². The molecule has 0 aliphatic heterocycles. The van der Waals surface area contributed by atoms with Crippen LogP contribution in [-0.2, 0) is 14.6 Å². The minimum Gasteiger partial charge on any atom is -0.382 e. The lowest BCUT2D eigenvalue weighted by Gasteiger charge is -2.10. The maximum Gasteiger partial charge on any atom is 0.191 e. The van der Waals surface area contributed by atoms with Gasteiger partial charge in [0.25, 0.3) is 0 Å². The molecule has 0 aromatic carbocycles. The van der Waals surface area contributed by atoms with Gasteiger partial charge in [0, 0.05) is 39.1 Å². The number of ether oxygens (including phenoxy) is 1. The van der Waals surface area contributed by atoms with E-state index < -0.39 is 9.84 Å². The summed E-state index contributed by atoms with van der Waals surface area (Å²) >= 11 is 0. The summed E-state index contributed by atoms with van der Waals surface area (Å²) in [5.74, 6) is 0.758. The highest BCUT2D eigenvalue weighted by atomic mass is 127. The highest BCUT2D eigenvalue weighted by Gasteiger charge is 2.02. The molecule has 0 aliphatic carbocycles. The summed E-state index contributed by atoms with van der Waals surface area (Å²) in [6.07, 6.45) is 2.08. The van der Waals surface area contributed by atoms with E-state index >= 15 is 0 Å². The quantitative estimate of drug-likeness (QED) is 0.254. The Hall–Kier alpha value is -0.0900. The molecule has 0 heterocycles. The number of nitrogens with zero attached hydrogens (tertiary/aromatic N) is 1. The van der Waals surface area contributed by atoms with Crippen LogP contribution in [0.2, 0.25) is 0 Å². The summed E-state index contributed by atoms with van der Waals surface area (Å²) in [5.41, 5.74) is 0. The lowest BCUT2D eigenvalue weighted by Crippen LogP contribution is -2.39. The molecular formula is C11H26IN3O3S. The summed E-state index contributed by atoms with van der Waals surface area (Å²) in [7, 11) is -2.93. The summed E-state index contributed by atoms with van der Waals surface area (Å²) in [5, 5.41) is 6.05. The zero-order chi connectivity index (χ0) is 13.9. The number of rotatable bonds is 9. The Labute approximate surface area is 133 Å². The normalized spacial score (nSPS) is 11.8. The van der Waals surface area contributed by atoms with Gasteiger partial charge in [-0.2, -0.15) is 0 Å². The van der Waals surface area contributed by atoms with Crippen LogP contribution < -0.4 is 10.6 Å². The van der Waals surface area contributed by atoms with E-state index in [1.165, 1.54) is 6.26 Å². The number of guanidine groups is 1. The molecule has 0 bridgehead atoms. The van der Waals surface area contributed by atoms with Crippen molar-refractivity contribution >= 4 is 39.8 Å². The molecule has 2 N–H and O–H groups in total. The summed E-state index contributed by atoms with van der Waals surface area (Å²) < 4.78 is 27.2. The predicted octanol–water partition coefficient (Wildman–Crippen LogP) is 0.631. The van der Waals surface area contributed by atoms with Crippen LogP contribution in [0.3, 0.4) is 0 Å². The summed E-state index contributed by atoms with van der Waals surface area (Å²) in [6.45, 7) is 7.12. The SMILES string of the molecule is CCNC(=NCCCOCC)NCCS(C)(=O)=O.I. The molecule has 0 atom stereocenters. The number of halogens is 1. The highest BCUT2D eigenvalue weighted by Crippen LogP contribution is 1.85. The zero-order valence-electron chi connectivity index (χ0n) is 11.9. The topological polar surface area (TPSA) is 79.8 Å². The van der Waals surface area contributed by atoms with Crippen molar-refractivity contribution in [3.63, 3.8) is 0 Å². The van der Waals surface area contributed by atoms with Crippen molar-refractivity contribution in [2.24, 2.45) is 4.99 Å². The smallest absolute Gasteiger partial charge is 0.191 e. The maximum absolute atomic E-state index is 11.0. The Morgan fingerprint density at radius 3 is 2.47 bits per heavy atom. The van der Waals surface area contributed by atoms with Crippen molar-refractivity contribution in [3.8, 4) is 0 Å². The van der Waals surface area contributed by atoms with E-state index in [0.717, 1.165) is 19.6 Å². The molecule has 6 nitrogen and oxygen atoms in total. The van der Waals surface area contributed by atoms with Crippen LogP contribution in [-0.4, -0.2) is 59.2 Å². The van der Waals surface area contributed by atoms with E-state index in [1.54, 1.807) is 0 Å². The Kier molecular flexibility index (Phi) is 14.4. The van der Waals surface area contributed by atoms with Crippen molar-refractivity contribution in [2.75, 3.05) is 44.9 Å². The largest absolute Gasteiger partial charge is 0.382 e. The van der Waals surface area contributed by atoms with Crippen molar-refractivity contribution in [3.05, 3.63) is 0 Å². The third kappa shape index (κ3) is 15.9. The van der Waals surface area contributed by atoms with Crippen LogP contribution in [0.1, 0.15) is 20.3 Å². The molecule has 116 valence electrons. The summed E-state index contributed by atoms with van der Waals surface area (Å²) in [4.78, 5) is 4.32. The molecule has 0 aromatic heterocycles. The molecule has 0 fully saturated rings. The van der Waals surface area contributed by atoms with Crippen LogP contribution >= 0.6 is 24.0 Å². The number of hydrogen-bond donors (Lipinski definition) is 2. The lowest BCUT2D eigenvalue weighted by atomic mass is 10.4. The number of hydrogen-bond acceptors (Lipinski definition) is 4. The minimum atomic E-state index is -2.93. The Balaban J connectivity index is 0. The second kappa shape index (κ2) is 12.9. The third-order valence-corrected chi connectivity index (χ3v) is 2.98. The molecule has 0 saturated carbocycles. The number of nitrogens with one attached hydrogen (secondary N) is 2. The van der Waals surface area contributed by atoms with Crippen molar-refractivity contribution in [1.82, 2.24) is 10.6 Å². The Bertz CT molecular complexity index is 334. The molecule has 0 rings (SSSR count). The molecule has 0 unspecified atom stereocenters. The molecule has 19 heavy (non-hydrogen) atoms. The van der Waals surface area contributed by atoms with Gasteiger partial charge in [-0.25, -0.2) is 8.42 Å². The molecule has 0 radical (unpaired) electrons. The van der Waals surface area contributed by atoms with E-state index in [4.69, 9.17) is 4.74 Å². The monoisotopic (exact) mass is 407 g/mol. The standard InChI is InChI=1S/C11H25N3O3S.HI/c1-4-12-11(13-7-6-9-17-5-2)14-8-10-18(3,15)16;/h4-10H2,1-3H3,(H2,12,13,14);1H. The van der Waals surface area contributed by atoms with Gasteiger partial charge in [-0.15, -0.1) is 24.0 Å². The van der Waals surface area contributed by atoms with E-state index in [1.807, 2.05) is 13.8 Å². The first-order valence-electron chi connectivity index (χ1n) is 6.27. The minimum absolute atomic E-state index is 0. The van der Waals surface area contributed by atoms with Gasteiger partial charge < -0.3 is 15.4 Å². The first-order chi connectivity index (χ1) is 8.49. The first kappa shape index (κ1) is 21.2. The molecule has 8 heteroatoms. The van der Waals surface area contributed by atoms with Crippen LogP contribution in [0.25, 0.3) is 0 Å². The predicted molar refractivity (Wildman–Crippen MR) is 90.2 cm³/mol. The molecule has 0 spiro atoms. The second-order valence-corrected chi connectivity index (χ2v) is 6.13. The van der Waals surface area contributed by atoms with Gasteiger partial charge in [0.2, 0.25) is 0 Å². The Morgan fingerprint density at radius 2 is 1.95 bits per heavy atom. The van der Waals surface area contributed by atoms with Crippen molar-refractivity contribution in [2.45, 2.75) is 20.3 Å². The molecule has 0 aliphatic rings. The van der Waals surface area contributed by atoms with Gasteiger partial charge in [-0.3, -0.25) is 4.99 Å². The Morgan fingerprint density at radius 1 is 1.26 bits per heavy atom. The molecule has 0 saturated heterocycles. The first-order valence-corrected chi connectivity index (χ1v) is 8.33.